The first kappa shape index (κ1) is 22.7. The molecule has 30 heavy (non-hydrogen) atoms. The average Bonchev–Trinajstić information content (AvgIpc) is 3.07. The third-order valence-corrected chi connectivity index (χ3v) is 6.14. The lowest BCUT2D eigenvalue weighted by Crippen LogP contribution is -2.62. The Hall–Kier alpha value is -1.95. The van der Waals surface area contributed by atoms with Gasteiger partial charge >= 0.3 is 6.09 Å². The highest BCUT2D eigenvalue weighted by Crippen LogP contribution is 2.32. The number of carbonyl (C=O) groups is 2. The molecule has 0 radical (unpaired) electrons. The Morgan fingerprint density at radius 2 is 1.80 bits per heavy atom. The number of nitrogens with one attached hydrogen (secondary N) is 1. The summed E-state index contributed by atoms with van der Waals surface area (Å²) in [6, 6.07) is 7.69. The van der Waals surface area contributed by atoms with Crippen LogP contribution in [-0.2, 0) is 9.53 Å². The smallest absolute Gasteiger partial charge is 0.407 e. The molecule has 1 aromatic carbocycles. The van der Waals surface area contributed by atoms with Gasteiger partial charge in [-0.3, -0.25) is 4.79 Å². The molecule has 0 unspecified atom stereocenters. The minimum absolute atomic E-state index is 0.136. The third-order valence-electron chi connectivity index (χ3n) is 5.89. The Labute approximate surface area is 184 Å². The summed E-state index contributed by atoms with van der Waals surface area (Å²) < 4.78 is 5.39. The Balaban J connectivity index is 1.64. The molecule has 2 aliphatic rings. The summed E-state index contributed by atoms with van der Waals surface area (Å²) in [5, 5.41) is 3.65. The second-order valence-electron chi connectivity index (χ2n) is 9.99. The Morgan fingerprint density at radius 3 is 2.40 bits per heavy atom. The molecular formula is C23H34ClN3O3. The third kappa shape index (κ3) is 5.39. The van der Waals surface area contributed by atoms with Crippen LogP contribution < -0.4 is 10.2 Å². The van der Waals surface area contributed by atoms with E-state index in [1.54, 1.807) is 0 Å². The fourth-order valence-electron chi connectivity index (χ4n) is 4.56. The van der Waals surface area contributed by atoms with E-state index in [9.17, 15) is 9.59 Å². The predicted octanol–water partition coefficient (Wildman–Crippen LogP) is 4.46. The van der Waals surface area contributed by atoms with Crippen LogP contribution >= 0.6 is 11.6 Å². The van der Waals surface area contributed by atoms with E-state index < -0.39 is 11.7 Å². The predicted molar refractivity (Wildman–Crippen MR) is 120 cm³/mol. The molecule has 7 heteroatoms. The first-order valence-electron chi connectivity index (χ1n) is 10.8. The highest BCUT2D eigenvalue weighted by Gasteiger charge is 2.41. The van der Waals surface area contributed by atoms with E-state index in [0.717, 1.165) is 36.5 Å². The molecule has 0 spiro atoms. The maximum absolute atomic E-state index is 13.4. The zero-order chi connectivity index (χ0) is 22.1. The molecule has 2 amide bonds. The van der Waals surface area contributed by atoms with Gasteiger partial charge in [-0.2, -0.15) is 0 Å². The van der Waals surface area contributed by atoms with Crippen molar-refractivity contribution in [3.05, 3.63) is 29.3 Å². The van der Waals surface area contributed by atoms with Crippen molar-refractivity contribution < 1.29 is 14.3 Å². The Morgan fingerprint density at radius 1 is 1.13 bits per heavy atom. The number of anilines is 1. The minimum atomic E-state index is -0.551. The van der Waals surface area contributed by atoms with Gasteiger partial charge in [-0.25, -0.2) is 4.79 Å². The van der Waals surface area contributed by atoms with Crippen molar-refractivity contribution in [2.24, 2.45) is 5.92 Å². The second kappa shape index (κ2) is 8.66. The number of piperazine rings is 1. The first-order chi connectivity index (χ1) is 14.0. The first-order valence-corrected chi connectivity index (χ1v) is 11.2. The van der Waals surface area contributed by atoms with Crippen molar-refractivity contribution in [3.8, 4) is 0 Å². The number of nitrogens with zero attached hydrogens (tertiary/aromatic N) is 2. The molecule has 2 fully saturated rings. The molecule has 2 atom stereocenters. The quantitative estimate of drug-likeness (QED) is 0.761. The minimum Gasteiger partial charge on any atom is -0.444 e. The largest absolute Gasteiger partial charge is 0.444 e. The number of carbonyl (C=O) groups excluding carboxylic acids is 2. The SMILES string of the molecule is CC(C)(C)OC(=O)N[C@H]1CCC[C@H]1C(=O)N1CCN(c2ccc(Cl)cc2)C(C)(C)C1. The molecular weight excluding hydrogens is 402 g/mol. The van der Waals surface area contributed by atoms with Gasteiger partial charge in [-0.15, -0.1) is 0 Å². The standard InChI is InChI=1S/C23H34ClN3O3/c1-22(2,3)30-21(29)25-19-8-6-7-18(19)20(28)26-13-14-27(23(4,5)15-26)17-11-9-16(24)10-12-17/h9-12,18-19H,6-8,13-15H2,1-5H3,(H,25,29)/t18-,19+/m1/s1. The molecule has 1 aliphatic heterocycles. The van der Waals surface area contributed by atoms with Crippen LogP contribution in [0.4, 0.5) is 10.5 Å². The normalized spacial score (nSPS) is 23.9. The molecule has 1 saturated carbocycles. The van der Waals surface area contributed by atoms with E-state index in [1.807, 2.05) is 49.9 Å². The topological polar surface area (TPSA) is 61.9 Å². The number of hydrogen-bond donors (Lipinski definition) is 1. The van der Waals surface area contributed by atoms with Crippen LogP contribution in [0.15, 0.2) is 24.3 Å². The molecule has 0 aromatic heterocycles. The fourth-order valence-corrected chi connectivity index (χ4v) is 4.69. The maximum Gasteiger partial charge on any atom is 0.407 e. The summed E-state index contributed by atoms with van der Waals surface area (Å²) >= 11 is 6.03. The highest BCUT2D eigenvalue weighted by molar-refractivity contribution is 6.30. The van der Waals surface area contributed by atoms with E-state index in [1.165, 1.54) is 0 Å². The molecule has 166 valence electrons. The summed E-state index contributed by atoms with van der Waals surface area (Å²) in [5.74, 6) is -0.0483. The lowest BCUT2D eigenvalue weighted by atomic mass is 9.95. The summed E-state index contributed by atoms with van der Waals surface area (Å²) in [6.07, 6.45) is 2.10. The molecule has 1 saturated heterocycles. The van der Waals surface area contributed by atoms with Gasteiger partial charge in [-0.05, 0) is 71.7 Å². The van der Waals surface area contributed by atoms with E-state index >= 15 is 0 Å². The van der Waals surface area contributed by atoms with Crippen molar-refractivity contribution in [1.82, 2.24) is 10.2 Å². The van der Waals surface area contributed by atoms with E-state index in [-0.39, 0.29) is 23.4 Å². The van der Waals surface area contributed by atoms with Crippen molar-refractivity contribution in [2.45, 2.75) is 71.1 Å². The monoisotopic (exact) mass is 435 g/mol. The summed E-state index contributed by atoms with van der Waals surface area (Å²) in [6.45, 7) is 11.9. The molecule has 1 heterocycles. The number of halogens is 1. The number of benzene rings is 1. The lowest BCUT2D eigenvalue weighted by molar-refractivity contribution is -0.137. The van der Waals surface area contributed by atoms with E-state index in [2.05, 4.69) is 24.1 Å². The van der Waals surface area contributed by atoms with Gasteiger partial charge in [0.1, 0.15) is 5.60 Å². The van der Waals surface area contributed by atoms with Crippen LogP contribution in [0.3, 0.4) is 0 Å². The van der Waals surface area contributed by atoms with Crippen LogP contribution in [0.25, 0.3) is 0 Å². The summed E-state index contributed by atoms with van der Waals surface area (Å²) in [7, 11) is 0. The van der Waals surface area contributed by atoms with Crippen LogP contribution in [-0.4, -0.2) is 53.7 Å². The van der Waals surface area contributed by atoms with Gasteiger partial charge in [0.25, 0.3) is 0 Å². The maximum atomic E-state index is 13.4. The molecule has 0 bridgehead atoms. The Bertz CT molecular complexity index is 773. The fraction of sp³-hybridized carbons (Fsp3) is 0.652. The van der Waals surface area contributed by atoms with Gasteiger partial charge in [0.05, 0.1) is 11.5 Å². The van der Waals surface area contributed by atoms with Gasteiger partial charge in [0.15, 0.2) is 0 Å². The lowest BCUT2D eigenvalue weighted by Gasteiger charge is -2.49. The molecule has 3 rings (SSSR count). The van der Waals surface area contributed by atoms with Crippen molar-refractivity contribution >= 4 is 29.3 Å². The van der Waals surface area contributed by atoms with E-state index in [4.69, 9.17) is 16.3 Å². The van der Waals surface area contributed by atoms with Gasteiger partial charge < -0.3 is 19.9 Å². The van der Waals surface area contributed by atoms with Crippen LogP contribution in [0.1, 0.15) is 53.9 Å². The van der Waals surface area contributed by atoms with Gasteiger partial charge in [0, 0.05) is 36.4 Å². The zero-order valence-electron chi connectivity index (χ0n) is 18.7. The number of hydrogen-bond acceptors (Lipinski definition) is 4. The van der Waals surface area contributed by atoms with Gasteiger partial charge in [0.2, 0.25) is 5.91 Å². The van der Waals surface area contributed by atoms with Crippen LogP contribution in [0.5, 0.6) is 0 Å². The number of alkyl carbamates (subject to hydrolysis) is 1. The Kier molecular flexibility index (Phi) is 6.56. The number of ether oxygens (including phenoxy) is 1. The van der Waals surface area contributed by atoms with Crippen molar-refractivity contribution in [2.75, 3.05) is 24.5 Å². The number of amides is 2. The molecule has 1 aromatic rings. The van der Waals surface area contributed by atoms with Crippen LogP contribution in [0.2, 0.25) is 5.02 Å². The molecule has 1 aliphatic carbocycles. The second-order valence-corrected chi connectivity index (χ2v) is 10.4. The van der Waals surface area contributed by atoms with Crippen molar-refractivity contribution in [1.29, 1.82) is 0 Å². The summed E-state index contributed by atoms with van der Waals surface area (Å²) in [5.41, 5.74) is 0.361. The summed E-state index contributed by atoms with van der Waals surface area (Å²) in [4.78, 5) is 29.9. The number of rotatable bonds is 3. The van der Waals surface area contributed by atoms with E-state index in [0.29, 0.717) is 13.1 Å². The average molecular weight is 436 g/mol. The highest BCUT2D eigenvalue weighted by atomic mass is 35.5. The zero-order valence-corrected chi connectivity index (χ0v) is 19.5. The molecule has 6 nitrogen and oxygen atoms in total. The van der Waals surface area contributed by atoms with Crippen LogP contribution in [0, 0.1) is 5.92 Å². The molecule has 1 N–H and O–H groups in total. The van der Waals surface area contributed by atoms with Gasteiger partial charge in [-0.1, -0.05) is 18.0 Å². The van der Waals surface area contributed by atoms with Crippen molar-refractivity contribution in [3.63, 3.8) is 0 Å².